The van der Waals surface area contributed by atoms with Gasteiger partial charge in [-0.1, -0.05) is 26.3 Å². The molecule has 1 aliphatic rings. The second kappa shape index (κ2) is 4.31. The summed E-state index contributed by atoms with van der Waals surface area (Å²) in [6.07, 6.45) is 3.99. The zero-order chi connectivity index (χ0) is 10.8. The van der Waals surface area contributed by atoms with Gasteiger partial charge in [-0.2, -0.15) is 0 Å². The Bertz CT molecular complexity index is 340. The van der Waals surface area contributed by atoms with Crippen molar-refractivity contribution in [2.24, 2.45) is 5.73 Å². The van der Waals surface area contributed by atoms with E-state index in [1.54, 1.807) is 0 Å². The Morgan fingerprint density at radius 3 is 2.60 bits per heavy atom. The minimum Gasteiger partial charge on any atom is -0.325 e. The van der Waals surface area contributed by atoms with Crippen LogP contribution < -0.4 is 5.73 Å². The molecular weight excluding hydrogens is 184 g/mol. The average Bonchev–Trinajstić information content (AvgIpc) is 2.15. The zero-order valence-electron chi connectivity index (χ0n) is 9.66. The van der Waals surface area contributed by atoms with Crippen LogP contribution in [0, 0.1) is 0 Å². The van der Waals surface area contributed by atoms with Gasteiger partial charge in [-0.3, -0.25) is 4.98 Å². The highest BCUT2D eigenvalue weighted by Gasteiger charge is 2.22. The van der Waals surface area contributed by atoms with E-state index in [0.29, 0.717) is 12.5 Å². The van der Waals surface area contributed by atoms with Gasteiger partial charge in [0.05, 0.1) is 5.69 Å². The summed E-state index contributed by atoms with van der Waals surface area (Å²) in [7, 11) is 0. The molecular formula is C13H20N2. The summed E-state index contributed by atoms with van der Waals surface area (Å²) in [5.74, 6) is 1.23. The van der Waals surface area contributed by atoms with E-state index in [9.17, 15) is 0 Å². The molecule has 2 rings (SSSR count). The highest BCUT2D eigenvalue weighted by Crippen LogP contribution is 2.37. The zero-order valence-corrected chi connectivity index (χ0v) is 9.66. The maximum atomic E-state index is 5.77. The second-order valence-corrected chi connectivity index (χ2v) is 4.76. The van der Waals surface area contributed by atoms with Crippen LogP contribution in [-0.4, -0.2) is 4.98 Å². The summed E-state index contributed by atoms with van der Waals surface area (Å²) in [5, 5.41) is 0. The Morgan fingerprint density at radius 1 is 1.40 bits per heavy atom. The minimum absolute atomic E-state index is 0.491. The summed E-state index contributed by atoms with van der Waals surface area (Å²) in [5.41, 5.74) is 9.45. The molecule has 1 fully saturated rings. The predicted molar refractivity (Wildman–Crippen MR) is 62.8 cm³/mol. The van der Waals surface area contributed by atoms with Crippen molar-refractivity contribution < 1.29 is 0 Å². The molecule has 1 aromatic heterocycles. The quantitative estimate of drug-likeness (QED) is 0.822. The smallest absolute Gasteiger partial charge is 0.0577 e. The molecule has 1 saturated carbocycles. The molecule has 0 bridgehead atoms. The van der Waals surface area contributed by atoms with E-state index in [2.05, 4.69) is 31.0 Å². The van der Waals surface area contributed by atoms with Gasteiger partial charge in [-0.25, -0.2) is 0 Å². The maximum absolute atomic E-state index is 5.77. The monoisotopic (exact) mass is 204 g/mol. The molecule has 0 radical (unpaired) electrons. The van der Waals surface area contributed by atoms with Crippen molar-refractivity contribution in [3.8, 4) is 0 Å². The first-order chi connectivity index (χ1) is 7.22. The standard InChI is InChI=1S/C13H20N2/c1-9(2)12-7-6-11(10-4-3-5-10)13(8-14)15-12/h6-7,9-10H,3-5,8,14H2,1-2H3. The van der Waals surface area contributed by atoms with Crippen LogP contribution >= 0.6 is 0 Å². The van der Waals surface area contributed by atoms with Crippen molar-refractivity contribution in [2.75, 3.05) is 0 Å². The summed E-state index contributed by atoms with van der Waals surface area (Å²) in [4.78, 5) is 4.67. The van der Waals surface area contributed by atoms with Crippen LogP contribution in [0.25, 0.3) is 0 Å². The van der Waals surface area contributed by atoms with E-state index in [1.807, 2.05) is 0 Å². The lowest BCUT2D eigenvalue weighted by Gasteiger charge is -2.27. The maximum Gasteiger partial charge on any atom is 0.0577 e. The lowest BCUT2D eigenvalue weighted by atomic mass is 9.79. The van der Waals surface area contributed by atoms with Crippen molar-refractivity contribution in [1.29, 1.82) is 0 Å². The largest absolute Gasteiger partial charge is 0.325 e. The van der Waals surface area contributed by atoms with Crippen LogP contribution in [0.15, 0.2) is 12.1 Å². The fourth-order valence-electron chi connectivity index (χ4n) is 2.11. The van der Waals surface area contributed by atoms with Crippen LogP contribution in [-0.2, 0) is 6.54 Å². The Kier molecular flexibility index (Phi) is 3.06. The molecule has 0 amide bonds. The van der Waals surface area contributed by atoms with E-state index in [-0.39, 0.29) is 0 Å². The highest BCUT2D eigenvalue weighted by atomic mass is 14.8. The number of pyridine rings is 1. The summed E-state index contributed by atoms with van der Waals surface area (Å²) < 4.78 is 0. The predicted octanol–water partition coefficient (Wildman–Crippen LogP) is 2.93. The summed E-state index contributed by atoms with van der Waals surface area (Å²) >= 11 is 0. The Labute approximate surface area is 91.9 Å². The van der Waals surface area contributed by atoms with Crippen molar-refractivity contribution in [3.05, 3.63) is 29.1 Å². The van der Waals surface area contributed by atoms with Crippen LogP contribution in [0.2, 0.25) is 0 Å². The molecule has 0 aliphatic heterocycles. The molecule has 82 valence electrons. The van der Waals surface area contributed by atoms with Gasteiger partial charge in [-0.15, -0.1) is 0 Å². The van der Waals surface area contributed by atoms with Gasteiger partial charge in [0.25, 0.3) is 0 Å². The van der Waals surface area contributed by atoms with Crippen molar-refractivity contribution in [3.63, 3.8) is 0 Å². The Morgan fingerprint density at radius 2 is 2.13 bits per heavy atom. The van der Waals surface area contributed by atoms with Gasteiger partial charge in [0.2, 0.25) is 0 Å². The van der Waals surface area contributed by atoms with Crippen LogP contribution in [0.4, 0.5) is 0 Å². The Hall–Kier alpha value is -0.890. The lowest BCUT2D eigenvalue weighted by Crippen LogP contribution is -2.15. The molecule has 15 heavy (non-hydrogen) atoms. The molecule has 1 heterocycles. The lowest BCUT2D eigenvalue weighted by molar-refractivity contribution is 0.415. The molecule has 1 aromatic rings. The molecule has 2 nitrogen and oxygen atoms in total. The van der Waals surface area contributed by atoms with Crippen LogP contribution in [0.3, 0.4) is 0 Å². The van der Waals surface area contributed by atoms with Crippen molar-refractivity contribution >= 4 is 0 Å². The average molecular weight is 204 g/mol. The first-order valence-electron chi connectivity index (χ1n) is 5.92. The normalized spacial score (nSPS) is 16.8. The number of aromatic nitrogens is 1. The minimum atomic E-state index is 0.491. The number of nitrogens with two attached hydrogens (primary N) is 1. The third kappa shape index (κ3) is 2.05. The molecule has 0 atom stereocenters. The van der Waals surface area contributed by atoms with E-state index < -0.39 is 0 Å². The SMILES string of the molecule is CC(C)c1ccc(C2CCC2)c(CN)n1. The van der Waals surface area contributed by atoms with E-state index in [0.717, 1.165) is 11.6 Å². The van der Waals surface area contributed by atoms with Gasteiger partial charge < -0.3 is 5.73 Å². The third-order valence-electron chi connectivity index (χ3n) is 3.36. The molecule has 0 spiro atoms. The molecule has 1 aliphatic carbocycles. The molecule has 2 N–H and O–H groups in total. The molecule has 0 unspecified atom stereocenters. The number of hydrogen-bond donors (Lipinski definition) is 1. The van der Waals surface area contributed by atoms with Gasteiger partial charge >= 0.3 is 0 Å². The number of nitrogens with zero attached hydrogens (tertiary/aromatic N) is 1. The van der Waals surface area contributed by atoms with Gasteiger partial charge in [-0.05, 0) is 36.3 Å². The second-order valence-electron chi connectivity index (χ2n) is 4.76. The van der Waals surface area contributed by atoms with Gasteiger partial charge in [0.1, 0.15) is 0 Å². The van der Waals surface area contributed by atoms with E-state index >= 15 is 0 Å². The summed E-state index contributed by atoms with van der Waals surface area (Å²) in [6, 6.07) is 4.41. The topological polar surface area (TPSA) is 38.9 Å². The first-order valence-corrected chi connectivity index (χ1v) is 5.92. The fraction of sp³-hybridized carbons (Fsp3) is 0.615. The molecule has 0 aromatic carbocycles. The van der Waals surface area contributed by atoms with E-state index in [4.69, 9.17) is 5.73 Å². The molecule has 2 heteroatoms. The first kappa shape index (κ1) is 10.6. The van der Waals surface area contributed by atoms with Crippen LogP contribution in [0.5, 0.6) is 0 Å². The van der Waals surface area contributed by atoms with Gasteiger partial charge in [0.15, 0.2) is 0 Å². The summed E-state index contributed by atoms with van der Waals surface area (Å²) in [6.45, 7) is 4.92. The Balaban J connectivity index is 2.30. The highest BCUT2D eigenvalue weighted by molar-refractivity contribution is 5.29. The number of hydrogen-bond acceptors (Lipinski definition) is 2. The van der Waals surface area contributed by atoms with Crippen molar-refractivity contribution in [2.45, 2.75) is 51.5 Å². The third-order valence-corrected chi connectivity index (χ3v) is 3.36. The van der Waals surface area contributed by atoms with Crippen LogP contribution in [0.1, 0.15) is 61.9 Å². The van der Waals surface area contributed by atoms with Gasteiger partial charge in [0, 0.05) is 12.2 Å². The van der Waals surface area contributed by atoms with Crippen molar-refractivity contribution in [1.82, 2.24) is 4.98 Å². The fourth-order valence-corrected chi connectivity index (χ4v) is 2.11. The molecule has 0 saturated heterocycles. The number of rotatable bonds is 3. The van der Waals surface area contributed by atoms with E-state index in [1.165, 1.54) is 30.5 Å².